The lowest BCUT2D eigenvalue weighted by molar-refractivity contribution is -0.0512. The molecule has 3 heteroatoms. The van der Waals surface area contributed by atoms with Gasteiger partial charge in [0.15, 0.2) is 0 Å². The average molecular weight is 229 g/mol. The van der Waals surface area contributed by atoms with Crippen LogP contribution in [0.25, 0.3) is 0 Å². The first-order chi connectivity index (χ1) is 7.59. The molecular weight excluding hydrogens is 202 g/mol. The van der Waals surface area contributed by atoms with E-state index in [0.717, 1.165) is 38.8 Å². The Morgan fingerprint density at radius 2 is 2.25 bits per heavy atom. The Labute approximate surface area is 99.8 Å². The zero-order chi connectivity index (χ0) is 12.0. The van der Waals surface area contributed by atoms with E-state index in [1.54, 1.807) is 0 Å². The lowest BCUT2D eigenvalue weighted by Gasteiger charge is -2.39. The van der Waals surface area contributed by atoms with Crippen molar-refractivity contribution >= 4 is 0 Å². The number of piperidine rings is 1. The first-order valence-corrected chi connectivity index (χ1v) is 6.55. The van der Waals surface area contributed by atoms with Crippen LogP contribution in [0.1, 0.15) is 46.0 Å². The van der Waals surface area contributed by atoms with Gasteiger partial charge in [0.05, 0.1) is 11.7 Å². The monoisotopic (exact) mass is 229 g/mol. The van der Waals surface area contributed by atoms with Gasteiger partial charge in [0.2, 0.25) is 0 Å². The predicted octanol–water partition coefficient (Wildman–Crippen LogP) is 2.04. The normalized spacial score (nSPS) is 29.2. The third-order valence-electron chi connectivity index (χ3n) is 3.71. The third kappa shape index (κ3) is 4.40. The molecule has 0 amide bonds. The number of methoxy groups -OCH3 is 1. The molecule has 2 unspecified atom stereocenters. The van der Waals surface area contributed by atoms with Gasteiger partial charge in [-0.2, -0.15) is 0 Å². The van der Waals surface area contributed by atoms with Crippen molar-refractivity contribution in [3.63, 3.8) is 0 Å². The van der Waals surface area contributed by atoms with E-state index < -0.39 is 0 Å². The molecule has 0 aromatic carbocycles. The summed E-state index contributed by atoms with van der Waals surface area (Å²) in [6.45, 7) is 7.54. The lowest BCUT2D eigenvalue weighted by Crippen LogP contribution is -2.47. The highest BCUT2D eigenvalue weighted by molar-refractivity contribution is 4.84. The van der Waals surface area contributed by atoms with Gasteiger partial charge in [-0.05, 0) is 52.1 Å². The molecule has 1 aliphatic heterocycles. The van der Waals surface area contributed by atoms with Crippen LogP contribution in [0.3, 0.4) is 0 Å². The quantitative estimate of drug-likeness (QED) is 0.756. The molecule has 0 aliphatic carbocycles. The molecule has 0 radical (unpaired) electrons. The number of likely N-dealkylation sites (tertiary alicyclic amines) is 1. The minimum atomic E-state index is -0.112. The van der Waals surface area contributed by atoms with Crippen LogP contribution in [0.15, 0.2) is 0 Å². The molecule has 0 aromatic rings. The van der Waals surface area contributed by atoms with Gasteiger partial charge in [-0.25, -0.2) is 0 Å². The Balaban J connectivity index is 2.22. The molecule has 0 bridgehead atoms. The Kier molecular flexibility index (Phi) is 5.73. The van der Waals surface area contributed by atoms with E-state index in [2.05, 4.69) is 11.8 Å². The summed E-state index contributed by atoms with van der Waals surface area (Å²) < 4.78 is 5.57. The molecule has 96 valence electrons. The number of hydrogen-bond acceptors (Lipinski definition) is 3. The first kappa shape index (κ1) is 13.9. The smallest absolute Gasteiger partial charge is 0.0777 e. The zero-order valence-electron chi connectivity index (χ0n) is 11.0. The molecule has 0 saturated carbocycles. The van der Waals surface area contributed by atoms with Crippen molar-refractivity contribution in [1.29, 1.82) is 0 Å². The van der Waals surface area contributed by atoms with E-state index in [4.69, 9.17) is 4.74 Å². The van der Waals surface area contributed by atoms with Crippen molar-refractivity contribution in [2.75, 3.05) is 26.7 Å². The number of aliphatic hydroxyl groups excluding tert-OH is 1. The van der Waals surface area contributed by atoms with E-state index in [9.17, 15) is 5.11 Å². The molecule has 16 heavy (non-hydrogen) atoms. The fourth-order valence-corrected chi connectivity index (χ4v) is 2.42. The SMILES string of the molecule is CCC(O)CCCN1CCCC(C)(OC)C1. The van der Waals surface area contributed by atoms with E-state index in [1.807, 2.05) is 14.0 Å². The standard InChI is InChI=1S/C13H27NO2/c1-4-12(15)7-5-9-14-10-6-8-13(2,11-14)16-3/h12,15H,4-11H2,1-3H3. The molecule has 0 spiro atoms. The van der Waals surface area contributed by atoms with Crippen molar-refractivity contribution in [2.45, 2.75) is 57.7 Å². The van der Waals surface area contributed by atoms with Crippen molar-refractivity contribution < 1.29 is 9.84 Å². The lowest BCUT2D eigenvalue weighted by atomic mass is 9.94. The number of aliphatic hydroxyl groups is 1. The third-order valence-corrected chi connectivity index (χ3v) is 3.71. The highest BCUT2D eigenvalue weighted by Crippen LogP contribution is 2.23. The largest absolute Gasteiger partial charge is 0.393 e. The van der Waals surface area contributed by atoms with Crippen LogP contribution in [0, 0.1) is 0 Å². The second-order valence-corrected chi connectivity index (χ2v) is 5.24. The summed E-state index contributed by atoms with van der Waals surface area (Å²) in [6, 6.07) is 0. The first-order valence-electron chi connectivity index (χ1n) is 6.55. The van der Waals surface area contributed by atoms with Crippen molar-refractivity contribution in [1.82, 2.24) is 4.90 Å². The van der Waals surface area contributed by atoms with E-state index in [-0.39, 0.29) is 11.7 Å². The Morgan fingerprint density at radius 1 is 1.50 bits per heavy atom. The maximum atomic E-state index is 9.49. The van der Waals surface area contributed by atoms with Gasteiger partial charge in [-0.1, -0.05) is 6.92 Å². The van der Waals surface area contributed by atoms with Crippen LogP contribution in [0.2, 0.25) is 0 Å². The fourth-order valence-electron chi connectivity index (χ4n) is 2.42. The van der Waals surface area contributed by atoms with Gasteiger partial charge in [0.25, 0.3) is 0 Å². The minimum absolute atomic E-state index is 0.0433. The summed E-state index contributed by atoms with van der Waals surface area (Å²) in [5.41, 5.74) is 0.0433. The molecule has 0 aromatic heterocycles. The van der Waals surface area contributed by atoms with Gasteiger partial charge in [0, 0.05) is 13.7 Å². The fraction of sp³-hybridized carbons (Fsp3) is 1.00. The van der Waals surface area contributed by atoms with Crippen molar-refractivity contribution in [3.8, 4) is 0 Å². The van der Waals surface area contributed by atoms with Gasteiger partial charge in [-0.15, -0.1) is 0 Å². The Bertz CT molecular complexity index is 198. The van der Waals surface area contributed by atoms with Gasteiger partial charge in [0.1, 0.15) is 0 Å². The van der Waals surface area contributed by atoms with Crippen LogP contribution in [0.4, 0.5) is 0 Å². The predicted molar refractivity (Wildman–Crippen MR) is 66.6 cm³/mol. The Hall–Kier alpha value is -0.120. The second kappa shape index (κ2) is 6.58. The molecular formula is C13H27NO2. The summed E-state index contributed by atoms with van der Waals surface area (Å²) in [5.74, 6) is 0. The summed E-state index contributed by atoms with van der Waals surface area (Å²) >= 11 is 0. The molecule has 1 aliphatic rings. The summed E-state index contributed by atoms with van der Waals surface area (Å²) in [5, 5.41) is 9.49. The molecule has 1 saturated heterocycles. The molecule has 1 rings (SSSR count). The van der Waals surface area contributed by atoms with Gasteiger partial charge in [-0.3, -0.25) is 0 Å². The topological polar surface area (TPSA) is 32.7 Å². The van der Waals surface area contributed by atoms with Crippen LogP contribution in [-0.4, -0.2) is 48.5 Å². The second-order valence-electron chi connectivity index (χ2n) is 5.24. The number of ether oxygens (including phenoxy) is 1. The highest BCUT2D eigenvalue weighted by Gasteiger charge is 2.30. The summed E-state index contributed by atoms with van der Waals surface area (Å²) in [4.78, 5) is 2.47. The van der Waals surface area contributed by atoms with E-state index >= 15 is 0 Å². The molecule has 1 fully saturated rings. The van der Waals surface area contributed by atoms with Crippen LogP contribution < -0.4 is 0 Å². The molecule has 1 N–H and O–H groups in total. The zero-order valence-corrected chi connectivity index (χ0v) is 11.0. The van der Waals surface area contributed by atoms with Gasteiger partial charge >= 0.3 is 0 Å². The van der Waals surface area contributed by atoms with Crippen molar-refractivity contribution in [2.24, 2.45) is 0 Å². The molecule has 3 nitrogen and oxygen atoms in total. The van der Waals surface area contributed by atoms with E-state index in [1.165, 1.54) is 13.0 Å². The Morgan fingerprint density at radius 3 is 2.88 bits per heavy atom. The number of nitrogens with zero attached hydrogens (tertiary/aromatic N) is 1. The maximum absolute atomic E-state index is 9.49. The number of hydrogen-bond donors (Lipinski definition) is 1. The van der Waals surface area contributed by atoms with Crippen molar-refractivity contribution in [3.05, 3.63) is 0 Å². The molecule has 1 heterocycles. The van der Waals surface area contributed by atoms with Crippen LogP contribution in [-0.2, 0) is 4.74 Å². The minimum Gasteiger partial charge on any atom is -0.393 e. The molecule has 2 atom stereocenters. The van der Waals surface area contributed by atoms with Crippen LogP contribution in [0.5, 0.6) is 0 Å². The van der Waals surface area contributed by atoms with Crippen LogP contribution >= 0.6 is 0 Å². The summed E-state index contributed by atoms with van der Waals surface area (Å²) in [6.07, 6.45) is 5.16. The highest BCUT2D eigenvalue weighted by atomic mass is 16.5. The van der Waals surface area contributed by atoms with Gasteiger partial charge < -0.3 is 14.7 Å². The summed E-state index contributed by atoms with van der Waals surface area (Å²) in [7, 11) is 1.81. The maximum Gasteiger partial charge on any atom is 0.0777 e. The van der Waals surface area contributed by atoms with E-state index in [0.29, 0.717) is 0 Å². The average Bonchev–Trinajstić information content (AvgIpc) is 2.29. The number of rotatable bonds is 6.